The smallest absolute Gasteiger partial charge is 0.270 e. The topological polar surface area (TPSA) is 60.2 Å². The van der Waals surface area contributed by atoms with Gasteiger partial charge in [0.25, 0.3) is 5.69 Å². The molecule has 0 bridgehead atoms. The molecular weight excluding hydrogens is 157 g/mol. The Balaban J connectivity index is 3.12. The fraction of sp³-hybridized carbons (Fsp3) is 0. The van der Waals surface area contributed by atoms with Gasteiger partial charge in [-0.15, -0.1) is 0 Å². The van der Waals surface area contributed by atoms with Crippen molar-refractivity contribution in [1.82, 2.24) is 0 Å². The van der Waals surface area contributed by atoms with Crippen LogP contribution in [0.3, 0.4) is 0 Å². The van der Waals surface area contributed by atoms with E-state index in [1.165, 1.54) is 26.0 Å². The lowest BCUT2D eigenvalue weighted by atomic mass is 9.95. The van der Waals surface area contributed by atoms with E-state index in [1.54, 1.807) is 6.07 Å². The Morgan fingerprint density at radius 3 is 2.67 bits per heavy atom. The van der Waals surface area contributed by atoms with Gasteiger partial charge in [0.2, 0.25) is 0 Å². The number of non-ortho nitro benzene ring substituents is 1. The zero-order valence-electron chi connectivity index (χ0n) is 6.48. The van der Waals surface area contributed by atoms with Crippen molar-refractivity contribution in [3.63, 3.8) is 0 Å². The molecular formula is C7H6BNO3. The molecule has 12 heavy (non-hydrogen) atoms. The Morgan fingerprint density at radius 1 is 1.50 bits per heavy atom. The van der Waals surface area contributed by atoms with Crippen LogP contribution in [0, 0.1) is 10.1 Å². The molecule has 0 fully saturated rings. The highest BCUT2D eigenvalue weighted by Crippen LogP contribution is 2.12. The Hall–Kier alpha value is -1.65. The Labute approximate surface area is 69.8 Å². The molecule has 1 rings (SSSR count). The van der Waals surface area contributed by atoms with Crippen LogP contribution in [-0.4, -0.2) is 18.5 Å². The van der Waals surface area contributed by atoms with Gasteiger partial charge in [-0.05, 0) is 0 Å². The summed E-state index contributed by atoms with van der Waals surface area (Å²) in [7, 11) is 1.37. The number of nitro groups is 1. The molecule has 0 aliphatic rings. The Morgan fingerprint density at radius 2 is 2.17 bits per heavy atom. The zero-order chi connectivity index (χ0) is 9.14. The molecule has 0 radical (unpaired) electrons. The van der Waals surface area contributed by atoms with E-state index >= 15 is 0 Å². The van der Waals surface area contributed by atoms with Gasteiger partial charge in [0, 0.05) is 17.7 Å². The van der Waals surface area contributed by atoms with Gasteiger partial charge < -0.3 is 4.79 Å². The van der Waals surface area contributed by atoms with E-state index in [1.807, 2.05) is 0 Å². The molecule has 0 spiro atoms. The monoisotopic (exact) mass is 163 g/mol. The molecule has 0 aliphatic carbocycles. The van der Waals surface area contributed by atoms with Crippen molar-refractivity contribution in [2.45, 2.75) is 0 Å². The minimum absolute atomic E-state index is 0.0531. The van der Waals surface area contributed by atoms with Gasteiger partial charge >= 0.3 is 0 Å². The van der Waals surface area contributed by atoms with E-state index in [2.05, 4.69) is 0 Å². The summed E-state index contributed by atoms with van der Waals surface area (Å²) < 4.78 is 0. The van der Waals surface area contributed by atoms with Gasteiger partial charge in [0.1, 0.15) is 5.68 Å². The average molecular weight is 163 g/mol. The minimum Gasteiger partial charge on any atom is -0.307 e. The molecule has 1 aromatic rings. The lowest BCUT2D eigenvalue weighted by molar-refractivity contribution is -0.384. The van der Waals surface area contributed by atoms with Crippen LogP contribution in [0.25, 0.3) is 0 Å². The summed E-state index contributed by atoms with van der Waals surface area (Å²) >= 11 is 0. The SMILES string of the molecule is BC(=O)c1cccc([N+](=O)[O-])c1. The molecule has 0 saturated heterocycles. The number of carbonyl (C=O) groups excluding carboxylic acids is 1. The first-order valence-electron chi connectivity index (χ1n) is 3.36. The van der Waals surface area contributed by atoms with Crippen molar-refractivity contribution in [3.8, 4) is 0 Å². The first-order valence-corrected chi connectivity index (χ1v) is 3.36. The molecule has 0 amide bonds. The van der Waals surface area contributed by atoms with Crippen LogP contribution in [0.5, 0.6) is 0 Å². The van der Waals surface area contributed by atoms with Crippen molar-refractivity contribution in [1.29, 1.82) is 0 Å². The minimum atomic E-state index is -0.521. The Kier molecular flexibility index (Phi) is 2.23. The second kappa shape index (κ2) is 3.17. The van der Waals surface area contributed by atoms with E-state index in [4.69, 9.17) is 0 Å². The molecule has 0 heterocycles. The number of hydrogen-bond donors (Lipinski definition) is 0. The van der Waals surface area contributed by atoms with Crippen molar-refractivity contribution >= 4 is 19.2 Å². The number of carbonyl (C=O) groups is 1. The quantitative estimate of drug-likeness (QED) is 0.359. The summed E-state index contributed by atoms with van der Waals surface area (Å²) in [6, 6.07) is 5.67. The molecule has 0 N–H and O–H groups in total. The third-order valence-corrected chi connectivity index (χ3v) is 1.46. The summed E-state index contributed by atoms with van der Waals surface area (Å²) in [5, 5.41) is 10.3. The third kappa shape index (κ3) is 1.69. The molecule has 0 unspecified atom stereocenters. The fourth-order valence-corrected chi connectivity index (χ4v) is 0.838. The third-order valence-electron chi connectivity index (χ3n) is 1.46. The average Bonchev–Trinajstić information content (AvgIpc) is 2.04. The largest absolute Gasteiger partial charge is 0.307 e. The van der Waals surface area contributed by atoms with Crippen molar-refractivity contribution in [3.05, 3.63) is 39.9 Å². The van der Waals surface area contributed by atoms with E-state index < -0.39 is 4.92 Å². The molecule has 0 saturated carbocycles. The summed E-state index contributed by atoms with van der Waals surface area (Å²) in [6.07, 6.45) is 0. The van der Waals surface area contributed by atoms with Gasteiger partial charge in [0.15, 0.2) is 7.85 Å². The fourth-order valence-electron chi connectivity index (χ4n) is 0.838. The van der Waals surface area contributed by atoms with Crippen LogP contribution in [0.2, 0.25) is 0 Å². The van der Waals surface area contributed by atoms with Gasteiger partial charge in [-0.1, -0.05) is 12.1 Å². The van der Waals surface area contributed by atoms with Crippen LogP contribution in [0.15, 0.2) is 24.3 Å². The lowest BCUT2D eigenvalue weighted by Crippen LogP contribution is -1.98. The van der Waals surface area contributed by atoms with E-state index in [0.717, 1.165) is 0 Å². The maximum atomic E-state index is 10.8. The predicted molar refractivity (Wildman–Crippen MR) is 46.0 cm³/mol. The maximum Gasteiger partial charge on any atom is 0.270 e. The first-order chi connectivity index (χ1) is 5.61. The van der Waals surface area contributed by atoms with Crippen molar-refractivity contribution < 1.29 is 9.72 Å². The summed E-state index contributed by atoms with van der Waals surface area (Å²) in [5.74, 6) is 0. The molecule has 0 aromatic heterocycles. The van der Waals surface area contributed by atoms with Gasteiger partial charge in [-0.3, -0.25) is 10.1 Å². The van der Waals surface area contributed by atoms with Gasteiger partial charge in [0.05, 0.1) is 4.92 Å². The van der Waals surface area contributed by atoms with Crippen LogP contribution in [0.1, 0.15) is 10.4 Å². The molecule has 0 atom stereocenters. The highest BCUT2D eigenvalue weighted by molar-refractivity contribution is 6.62. The normalized spacial score (nSPS) is 9.33. The van der Waals surface area contributed by atoms with Crippen molar-refractivity contribution in [2.24, 2.45) is 0 Å². The van der Waals surface area contributed by atoms with Gasteiger partial charge in [-0.2, -0.15) is 0 Å². The highest BCUT2D eigenvalue weighted by Gasteiger charge is 2.06. The standard InChI is InChI=1S/C7H6BNO3/c8-7(10)5-2-1-3-6(4-5)9(11)12/h1-4H,8H2. The Bertz CT molecular complexity index is 308. The first kappa shape index (κ1) is 8.45. The lowest BCUT2D eigenvalue weighted by Gasteiger charge is -1.94. The predicted octanol–water partition coefficient (Wildman–Crippen LogP) is 0.368. The number of nitro benzene ring substituents is 1. The van der Waals surface area contributed by atoms with Crippen LogP contribution in [-0.2, 0) is 0 Å². The van der Waals surface area contributed by atoms with Crippen LogP contribution in [0.4, 0.5) is 5.69 Å². The van der Waals surface area contributed by atoms with Crippen LogP contribution < -0.4 is 0 Å². The molecule has 4 nitrogen and oxygen atoms in total. The second-order valence-electron chi connectivity index (χ2n) is 2.36. The van der Waals surface area contributed by atoms with E-state index in [9.17, 15) is 14.9 Å². The molecule has 5 heteroatoms. The van der Waals surface area contributed by atoms with Crippen LogP contribution >= 0.6 is 0 Å². The van der Waals surface area contributed by atoms with Gasteiger partial charge in [-0.25, -0.2) is 0 Å². The van der Waals surface area contributed by atoms with E-state index in [0.29, 0.717) is 5.56 Å². The number of rotatable bonds is 2. The molecule has 60 valence electrons. The molecule has 0 aliphatic heterocycles. The maximum absolute atomic E-state index is 10.8. The number of nitrogens with zero attached hydrogens (tertiary/aromatic N) is 1. The highest BCUT2D eigenvalue weighted by atomic mass is 16.6. The number of benzene rings is 1. The second-order valence-corrected chi connectivity index (χ2v) is 2.36. The van der Waals surface area contributed by atoms with Crippen molar-refractivity contribution in [2.75, 3.05) is 0 Å². The summed E-state index contributed by atoms with van der Waals surface area (Å²) in [4.78, 5) is 20.5. The van der Waals surface area contributed by atoms with E-state index in [-0.39, 0.29) is 11.4 Å². The summed E-state index contributed by atoms with van der Waals surface area (Å²) in [6.45, 7) is 0. The zero-order valence-corrected chi connectivity index (χ0v) is 6.48. The number of hydrogen-bond acceptors (Lipinski definition) is 3. The summed E-state index contributed by atoms with van der Waals surface area (Å²) in [5.41, 5.74) is 0.144. The molecule has 1 aromatic carbocycles.